The first-order chi connectivity index (χ1) is 13.3. The summed E-state index contributed by atoms with van der Waals surface area (Å²) in [5.41, 5.74) is 3.86. The van der Waals surface area contributed by atoms with Gasteiger partial charge in [0, 0.05) is 37.1 Å². The minimum absolute atomic E-state index is 0.0117. The molecule has 1 N–H and O–H groups in total. The van der Waals surface area contributed by atoms with Crippen LogP contribution < -0.4 is 10.1 Å². The number of benzene rings is 1. The lowest BCUT2D eigenvalue weighted by Crippen LogP contribution is -2.23. The molecule has 138 valence electrons. The Morgan fingerprint density at radius 1 is 1.07 bits per heavy atom. The van der Waals surface area contributed by atoms with Gasteiger partial charge in [-0.05, 0) is 48.7 Å². The molecule has 0 aliphatic rings. The number of amides is 1. The van der Waals surface area contributed by atoms with Crippen molar-refractivity contribution in [3.05, 3.63) is 78.2 Å². The lowest BCUT2D eigenvalue weighted by Gasteiger charge is -2.10. The number of para-hydroxylation sites is 1. The van der Waals surface area contributed by atoms with E-state index in [4.69, 9.17) is 4.74 Å². The third-order valence-electron chi connectivity index (χ3n) is 4.17. The highest BCUT2D eigenvalue weighted by atomic mass is 16.5. The molecule has 1 amide bonds. The summed E-state index contributed by atoms with van der Waals surface area (Å²) < 4.78 is 5.60. The normalized spacial score (nSPS) is 10.4. The van der Waals surface area contributed by atoms with Gasteiger partial charge >= 0.3 is 0 Å². The van der Waals surface area contributed by atoms with Crippen molar-refractivity contribution < 1.29 is 9.53 Å². The minimum atomic E-state index is 0.0117. The molecule has 0 aliphatic carbocycles. The van der Waals surface area contributed by atoms with E-state index in [1.54, 1.807) is 18.6 Å². The van der Waals surface area contributed by atoms with Crippen LogP contribution >= 0.6 is 0 Å². The molecule has 5 heteroatoms. The Labute approximate surface area is 159 Å². The molecular formula is C22H23N3O2. The summed E-state index contributed by atoms with van der Waals surface area (Å²) in [4.78, 5) is 20.7. The van der Waals surface area contributed by atoms with Gasteiger partial charge in [0.1, 0.15) is 5.75 Å². The number of pyridine rings is 2. The highest BCUT2D eigenvalue weighted by molar-refractivity contribution is 5.76. The van der Waals surface area contributed by atoms with E-state index in [2.05, 4.69) is 15.3 Å². The first kappa shape index (κ1) is 18.6. The van der Waals surface area contributed by atoms with Gasteiger partial charge in [-0.1, -0.05) is 24.3 Å². The van der Waals surface area contributed by atoms with E-state index in [9.17, 15) is 4.79 Å². The summed E-state index contributed by atoms with van der Waals surface area (Å²) in [7, 11) is 0. The van der Waals surface area contributed by atoms with Crippen molar-refractivity contribution in [3.8, 4) is 17.0 Å². The number of hydrogen-bond acceptors (Lipinski definition) is 4. The molecule has 0 fully saturated rings. The fraction of sp³-hybridized carbons (Fsp3) is 0.227. The number of carbonyl (C=O) groups excluding carboxylic acids is 1. The predicted molar refractivity (Wildman–Crippen MR) is 105 cm³/mol. The zero-order chi connectivity index (χ0) is 18.9. The van der Waals surface area contributed by atoms with E-state index >= 15 is 0 Å². The smallest absolute Gasteiger partial charge is 0.220 e. The Kier molecular flexibility index (Phi) is 6.52. The second-order valence-corrected chi connectivity index (χ2v) is 6.11. The molecule has 0 aliphatic heterocycles. The van der Waals surface area contributed by atoms with Gasteiger partial charge in [-0.25, -0.2) is 0 Å². The summed E-state index contributed by atoms with van der Waals surface area (Å²) in [6, 6.07) is 15.6. The van der Waals surface area contributed by atoms with Gasteiger partial charge in [0.15, 0.2) is 0 Å². The van der Waals surface area contributed by atoms with Crippen molar-refractivity contribution in [1.29, 1.82) is 0 Å². The molecule has 0 saturated carbocycles. The Morgan fingerprint density at radius 3 is 2.70 bits per heavy atom. The number of carbonyl (C=O) groups is 1. The Hall–Kier alpha value is -3.21. The van der Waals surface area contributed by atoms with Crippen LogP contribution in [-0.2, 0) is 17.8 Å². The molecule has 0 unspecified atom stereocenters. The molecule has 2 heterocycles. The molecule has 3 aromatic rings. The molecule has 0 saturated heterocycles. The second kappa shape index (κ2) is 9.48. The van der Waals surface area contributed by atoms with Gasteiger partial charge in [-0.3, -0.25) is 14.8 Å². The lowest BCUT2D eigenvalue weighted by atomic mass is 10.1. The van der Waals surface area contributed by atoms with E-state index < -0.39 is 0 Å². The molecule has 0 atom stereocenters. The van der Waals surface area contributed by atoms with Gasteiger partial charge in [0.2, 0.25) is 5.91 Å². The van der Waals surface area contributed by atoms with Gasteiger partial charge in [-0.15, -0.1) is 0 Å². The average molecular weight is 361 g/mol. The quantitative estimate of drug-likeness (QED) is 0.663. The van der Waals surface area contributed by atoms with Crippen LogP contribution in [0.5, 0.6) is 5.75 Å². The van der Waals surface area contributed by atoms with E-state index in [1.807, 2.05) is 55.5 Å². The molecule has 0 bridgehead atoms. The average Bonchev–Trinajstić information content (AvgIpc) is 2.73. The van der Waals surface area contributed by atoms with Crippen molar-refractivity contribution in [1.82, 2.24) is 15.3 Å². The molecular weight excluding hydrogens is 338 g/mol. The maximum absolute atomic E-state index is 12.2. The number of aromatic nitrogens is 2. The third kappa shape index (κ3) is 5.38. The molecule has 27 heavy (non-hydrogen) atoms. The third-order valence-corrected chi connectivity index (χ3v) is 4.17. The predicted octanol–water partition coefficient (Wildman–Crippen LogP) is 3.79. The standard InChI is InChI=1S/C22H23N3O2/c1-2-27-21-8-4-3-6-18(21)10-12-22(26)25-15-17-9-11-20(24-14-17)19-7-5-13-23-16-19/h3-9,11,13-14,16H,2,10,12,15H2,1H3,(H,25,26). The fourth-order valence-electron chi connectivity index (χ4n) is 2.76. The van der Waals surface area contributed by atoms with Crippen molar-refractivity contribution in [3.63, 3.8) is 0 Å². The summed E-state index contributed by atoms with van der Waals surface area (Å²) in [5.74, 6) is 0.862. The van der Waals surface area contributed by atoms with Crippen LogP contribution in [0.4, 0.5) is 0 Å². The second-order valence-electron chi connectivity index (χ2n) is 6.11. The number of hydrogen-bond donors (Lipinski definition) is 1. The van der Waals surface area contributed by atoms with E-state index in [1.165, 1.54) is 0 Å². The largest absolute Gasteiger partial charge is 0.494 e. The van der Waals surface area contributed by atoms with Crippen LogP contribution in [-0.4, -0.2) is 22.5 Å². The maximum atomic E-state index is 12.2. The van der Waals surface area contributed by atoms with Crippen LogP contribution in [0, 0.1) is 0 Å². The number of aryl methyl sites for hydroxylation is 1. The number of ether oxygens (including phenoxy) is 1. The topological polar surface area (TPSA) is 64.1 Å². The summed E-state index contributed by atoms with van der Waals surface area (Å²) in [5, 5.41) is 2.95. The van der Waals surface area contributed by atoms with Crippen LogP contribution in [0.1, 0.15) is 24.5 Å². The molecule has 0 radical (unpaired) electrons. The Morgan fingerprint density at radius 2 is 1.96 bits per heavy atom. The highest BCUT2D eigenvalue weighted by Gasteiger charge is 2.07. The molecule has 0 spiro atoms. The summed E-state index contributed by atoms with van der Waals surface area (Å²) in [6.07, 6.45) is 6.38. The highest BCUT2D eigenvalue weighted by Crippen LogP contribution is 2.19. The number of nitrogens with one attached hydrogen (secondary N) is 1. The number of nitrogens with zero attached hydrogens (tertiary/aromatic N) is 2. The summed E-state index contributed by atoms with van der Waals surface area (Å²) >= 11 is 0. The SMILES string of the molecule is CCOc1ccccc1CCC(=O)NCc1ccc(-c2cccnc2)nc1. The van der Waals surface area contributed by atoms with Crippen LogP contribution in [0.25, 0.3) is 11.3 Å². The monoisotopic (exact) mass is 361 g/mol. The van der Waals surface area contributed by atoms with E-state index in [-0.39, 0.29) is 5.91 Å². The first-order valence-corrected chi connectivity index (χ1v) is 9.09. The van der Waals surface area contributed by atoms with Crippen molar-refractivity contribution in [2.45, 2.75) is 26.3 Å². The van der Waals surface area contributed by atoms with Gasteiger partial charge < -0.3 is 10.1 Å². The van der Waals surface area contributed by atoms with E-state index in [0.29, 0.717) is 26.0 Å². The van der Waals surface area contributed by atoms with Crippen LogP contribution in [0.15, 0.2) is 67.1 Å². The summed E-state index contributed by atoms with van der Waals surface area (Å²) in [6.45, 7) is 3.04. The lowest BCUT2D eigenvalue weighted by molar-refractivity contribution is -0.121. The first-order valence-electron chi connectivity index (χ1n) is 9.09. The maximum Gasteiger partial charge on any atom is 0.220 e. The number of rotatable bonds is 8. The van der Waals surface area contributed by atoms with Gasteiger partial charge in [0.05, 0.1) is 12.3 Å². The van der Waals surface area contributed by atoms with Crippen molar-refractivity contribution in [2.24, 2.45) is 0 Å². The van der Waals surface area contributed by atoms with Gasteiger partial charge in [0.25, 0.3) is 0 Å². The fourth-order valence-corrected chi connectivity index (χ4v) is 2.76. The minimum Gasteiger partial charge on any atom is -0.494 e. The zero-order valence-electron chi connectivity index (χ0n) is 15.4. The van der Waals surface area contributed by atoms with Crippen LogP contribution in [0.2, 0.25) is 0 Å². The van der Waals surface area contributed by atoms with Crippen molar-refractivity contribution in [2.75, 3.05) is 6.61 Å². The molecule has 3 rings (SSSR count). The zero-order valence-corrected chi connectivity index (χ0v) is 15.4. The van der Waals surface area contributed by atoms with Crippen LogP contribution in [0.3, 0.4) is 0 Å². The molecule has 2 aromatic heterocycles. The molecule has 1 aromatic carbocycles. The van der Waals surface area contributed by atoms with Gasteiger partial charge in [-0.2, -0.15) is 0 Å². The van der Waals surface area contributed by atoms with E-state index in [0.717, 1.165) is 28.1 Å². The molecule has 5 nitrogen and oxygen atoms in total. The van der Waals surface area contributed by atoms with Crippen molar-refractivity contribution >= 4 is 5.91 Å². The Balaban J connectivity index is 1.49. The Bertz CT molecular complexity index is 864.